The number of hydrogen-bond acceptors (Lipinski definition) is 3. The third-order valence-corrected chi connectivity index (χ3v) is 5.92. The number of nitrogens with one attached hydrogen (secondary N) is 1. The second-order valence-corrected chi connectivity index (χ2v) is 7.74. The molecule has 1 fully saturated rings. The molecule has 20 heavy (non-hydrogen) atoms. The molecular formula is C15H24N2O2S. The number of hydrogen-bond donors (Lipinski definition) is 2. The average Bonchev–Trinajstić information content (AvgIpc) is 2.85. The van der Waals surface area contributed by atoms with Crippen LogP contribution in [0.25, 0.3) is 0 Å². The number of benzene rings is 1. The number of sulfonamides is 1. The number of aryl methyl sites for hydroxylation is 2. The summed E-state index contributed by atoms with van der Waals surface area (Å²) in [6.45, 7) is 4.77. The van der Waals surface area contributed by atoms with Crippen molar-refractivity contribution in [1.29, 1.82) is 0 Å². The molecule has 1 aliphatic rings. The normalized spacial score (nSPS) is 18.4. The number of nitrogens with two attached hydrogens (primary N) is 1. The Morgan fingerprint density at radius 1 is 1.25 bits per heavy atom. The van der Waals surface area contributed by atoms with E-state index in [2.05, 4.69) is 4.72 Å². The van der Waals surface area contributed by atoms with E-state index in [0.29, 0.717) is 18.0 Å². The smallest absolute Gasteiger partial charge is 0.240 e. The molecule has 0 aromatic heterocycles. The highest BCUT2D eigenvalue weighted by molar-refractivity contribution is 7.89. The van der Waals surface area contributed by atoms with Gasteiger partial charge in [0.2, 0.25) is 10.0 Å². The molecule has 3 N–H and O–H groups in total. The van der Waals surface area contributed by atoms with E-state index in [0.717, 1.165) is 36.8 Å². The SMILES string of the molecule is Cc1ccc(S(=O)(=O)NCC2(CN)CCCC2)c(C)c1. The second kappa shape index (κ2) is 5.84. The lowest BCUT2D eigenvalue weighted by atomic mass is 9.87. The van der Waals surface area contributed by atoms with E-state index in [1.165, 1.54) is 0 Å². The van der Waals surface area contributed by atoms with Gasteiger partial charge in [0.1, 0.15) is 0 Å². The molecule has 0 saturated heterocycles. The predicted molar refractivity (Wildman–Crippen MR) is 81.1 cm³/mol. The third kappa shape index (κ3) is 3.22. The van der Waals surface area contributed by atoms with Crippen molar-refractivity contribution >= 4 is 10.0 Å². The van der Waals surface area contributed by atoms with Crippen LogP contribution in [-0.4, -0.2) is 21.5 Å². The van der Waals surface area contributed by atoms with Gasteiger partial charge in [0.15, 0.2) is 0 Å². The molecular weight excluding hydrogens is 272 g/mol. The molecule has 1 aromatic carbocycles. The maximum Gasteiger partial charge on any atom is 0.240 e. The third-order valence-electron chi connectivity index (χ3n) is 4.35. The van der Waals surface area contributed by atoms with E-state index < -0.39 is 10.0 Å². The predicted octanol–water partition coefficient (Wildman–Crippen LogP) is 2.10. The Morgan fingerprint density at radius 2 is 1.90 bits per heavy atom. The molecule has 0 amide bonds. The van der Waals surface area contributed by atoms with Crippen LogP contribution in [-0.2, 0) is 10.0 Å². The van der Waals surface area contributed by atoms with Gasteiger partial charge in [0.05, 0.1) is 4.90 Å². The fourth-order valence-electron chi connectivity index (χ4n) is 3.00. The van der Waals surface area contributed by atoms with E-state index in [-0.39, 0.29) is 5.41 Å². The topological polar surface area (TPSA) is 72.2 Å². The van der Waals surface area contributed by atoms with Crippen molar-refractivity contribution in [3.05, 3.63) is 29.3 Å². The van der Waals surface area contributed by atoms with Gasteiger partial charge in [-0.2, -0.15) is 0 Å². The molecule has 0 spiro atoms. The highest BCUT2D eigenvalue weighted by Gasteiger charge is 2.33. The van der Waals surface area contributed by atoms with Crippen molar-refractivity contribution in [3.63, 3.8) is 0 Å². The Hall–Kier alpha value is -0.910. The van der Waals surface area contributed by atoms with Crippen LogP contribution in [0.1, 0.15) is 36.8 Å². The number of rotatable bonds is 5. The summed E-state index contributed by atoms with van der Waals surface area (Å²) in [5.74, 6) is 0. The van der Waals surface area contributed by atoms with Gasteiger partial charge >= 0.3 is 0 Å². The van der Waals surface area contributed by atoms with Crippen LogP contribution in [0.15, 0.2) is 23.1 Å². The molecule has 5 heteroatoms. The van der Waals surface area contributed by atoms with Crippen molar-refractivity contribution in [1.82, 2.24) is 4.72 Å². The highest BCUT2D eigenvalue weighted by atomic mass is 32.2. The summed E-state index contributed by atoms with van der Waals surface area (Å²) >= 11 is 0. The maximum absolute atomic E-state index is 12.4. The van der Waals surface area contributed by atoms with Gasteiger partial charge in [-0.3, -0.25) is 0 Å². The van der Waals surface area contributed by atoms with Gasteiger partial charge < -0.3 is 5.73 Å². The summed E-state index contributed by atoms with van der Waals surface area (Å²) in [7, 11) is -3.45. The summed E-state index contributed by atoms with van der Waals surface area (Å²) in [5.41, 5.74) is 7.65. The van der Waals surface area contributed by atoms with Crippen LogP contribution < -0.4 is 10.5 Å². The summed E-state index contributed by atoms with van der Waals surface area (Å²) in [4.78, 5) is 0.369. The molecule has 1 aromatic rings. The van der Waals surface area contributed by atoms with Crippen molar-refractivity contribution in [2.75, 3.05) is 13.1 Å². The summed E-state index contributed by atoms with van der Waals surface area (Å²) in [6.07, 6.45) is 4.31. The largest absolute Gasteiger partial charge is 0.330 e. The molecule has 4 nitrogen and oxygen atoms in total. The molecule has 0 atom stereocenters. The molecule has 0 radical (unpaired) electrons. The second-order valence-electron chi connectivity index (χ2n) is 6.00. The highest BCUT2D eigenvalue weighted by Crippen LogP contribution is 2.36. The van der Waals surface area contributed by atoms with Crippen molar-refractivity contribution < 1.29 is 8.42 Å². The van der Waals surface area contributed by atoms with Crippen molar-refractivity contribution in [3.8, 4) is 0 Å². The average molecular weight is 296 g/mol. The van der Waals surface area contributed by atoms with Crippen LogP contribution in [0.3, 0.4) is 0 Å². The first-order valence-electron chi connectivity index (χ1n) is 7.16. The van der Waals surface area contributed by atoms with Crippen molar-refractivity contribution in [2.45, 2.75) is 44.4 Å². The lowest BCUT2D eigenvalue weighted by molar-refractivity contribution is 0.309. The molecule has 0 aliphatic heterocycles. The molecule has 1 aliphatic carbocycles. The summed E-state index contributed by atoms with van der Waals surface area (Å²) in [6, 6.07) is 5.40. The first kappa shape index (κ1) is 15.5. The molecule has 1 saturated carbocycles. The van der Waals surface area contributed by atoms with E-state index in [4.69, 9.17) is 5.73 Å². The van der Waals surface area contributed by atoms with E-state index >= 15 is 0 Å². The zero-order valence-electron chi connectivity index (χ0n) is 12.3. The Morgan fingerprint density at radius 3 is 2.45 bits per heavy atom. The zero-order chi connectivity index (χ0) is 14.8. The first-order chi connectivity index (χ1) is 9.38. The van der Waals surface area contributed by atoms with Crippen LogP contribution in [0.2, 0.25) is 0 Å². The molecule has 0 bridgehead atoms. The minimum atomic E-state index is -3.45. The fourth-order valence-corrected chi connectivity index (χ4v) is 4.39. The lowest BCUT2D eigenvalue weighted by Gasteiger charge is -2.27. The standard InChI is InChI=1S/C15H24N2O2S/c1-12-5-6-14(13(2)9-12)20(18,19)17-11-15(10-16)7-3-4-8-15/h5-6,9,17H,3-4,7-8,10-11,16H2,1-2H3. The van der Waals surface area contributed by atoms with Crippen molar-refractivity contribution in [2.24, 2.45) is 11.1 Å². The van der Waals surface area contributed by atoms with Gasteiger partial charge in [-0.05, 0) is 50.3 Å². The quantitative estimate of drug-likeness (QED) is 0.874. The van der Waals surface area contributed by atoms with Crippen LogP contribution in [0, 0.1) is 19.3 Å². The molecule has 112 valence electrons. The fraction of sp³-hybridized carbons (Fsp3) is 0.600. The van der Waals surface area contributed by atoms with Gasteiger partial charge in [0.25, 0.3) is 0 Å². The van der Waals surface area contributed by atoms with Crippen LogP contribution in [0.4, 0.5) is 0 Å². The monoisotopic (exact) mass is 296 g/mol. The Bertz CT molecular complexity index is 576. The lowest BCUT2D eigenvalue weighted by Crippen LogP contribution is -2.40. The first-order valence-corrected chi connectivity index (χ1v) is 8.64. The van der Waals surface area contributed by atoms with E-state index in [1.54, 1.807) is 6.07 Å². The molecule has 2 rings (SSSR count). The van der Waals surface area contributed by atoms with Gasteiger partial charge in [-0.15, -0.1) is 0 Å². The van der Waals surface area contributed by atoms with Gasteiger partial charge in [-0.1, -0.05) is 30.5 Å². The van der Waals surface area contributed by atoms with Gasteiger partial charge in [-0.25, -0.2) is 13.1 Å². The van der Waals surface area contributed by atoms with Gasteiger partial charge in [0, 0.05) is 6.54 Å². The Balaban J connectivity index is 2.15. The minimum absolute atomic E-state index is 0.0499. The van der Waals surface area contributed by atoms with E-state index in [9.17, 15) is 8.42 Å². The zero-order valence-corrected chi connectivity index (χ0v) is 13.1. The minimum Gasteiger partial charge on any atom is -0.330 e. The Kier molecular flexibility index (Phi) is 4.52. The maximum atomic E-state index is 12.4. The van der Waals surface area contributed by atoms with E-state index in [1.807, 2.05) is 26.0 Å². The summed E-state index contributed by atoms with van der Waals surface area (Å²) in [5, 5.41) is 0. The summed E-state index contributed by atoms with van der Waals surface area (Å²) < 4.78 is 27.6. The van der Waals surface area contributed by atoms with Crippen LogP contribution >= 0.6 is 0 Å². The Labute approximate surface area is 121 Å². The molecule has 0 unspecified atom stereocenters. The molecule has 0 heterocycles. The van der Waals surface area contributed by atoms with Crippen LogP contribution in [0.5, 0.6) is 0 Å².